The third-order valence-electron chi connectivity index (χ3n) is 3.02. The molecule has 3 heteroatoms. The molecule has 2 rings (SSSR count). The van der Waals surface area contributed by atoms with E-state index in [0.29, 0.717) is 0 Å². The van der Waals surface area contributed by atoms with Crippen LogP contribution >= 0.6 is 0 Å². The van der Waals surface area contributed by atoms with Gasteiger partial charge in [0, 0.05) is 34.4 Å². The van der Waals surface area contributed by atoms with Gasteiger partial charge in [-0.1, -0.05) is 31.3 Å². The first-order chi connectivity index (χ1) is 15.8. The van der Waals surface area contributed by atoms with Gasteiger partial charge < -0.3 is 14.7 Å². The predicted molar refractivity (Wildman–Crippen MR) is 82.3 cm³/mol. The van der Waals surface area contributed by atoms with Gasteiger partial charge in [0.2, 0.25) is 0 Å². The number of hydrogen-bond acceptors (Lipinski definition) is 3. The first-order valence-corrected chi connectivity index (χ1v) is 5.91. The SMILES string of the molecule is [2H]C([2H])([2H])N(C[C@H](c1ccc(OC)cc1)C1(O)C([2H])([2H])C([2H])([2H])C([2H])([2H])C([2H])([2H])C1([2H])[2H])C([2H])([2H])[2H]. The van der Waals surface area contributed by atoms with Gasteiger partial charge in [-0.2, -0.15) is 0 Å². The van der Waals surface area contributed by atoms with Crippen LogP contribution in [0.3, 0.4) is 0 Å². The summed E-state index contributed by atoms with van der Waals surface area (Å²) in [5, 5.41) is 11.8. The lowest BCUT2D eigenvalue weighted by molar-refractivity contribution is -0.0277. The van der Waals surface area contributed by atoms with E-state index in [4.69, 9.17) is 26.7 Å². The Labute approximate surface area is 145 Å². The Morgan fingerprint density at radius 1 is 1.30 bits per heavy atom. The van der Waals surface area contributed by atoms with E-state index in [0.717, 1.165) is 12.1 Å². The van der Waals surface area contributed by atoms with Crippen molar-refractivity contribution in [3.8, 4) is 5.75 Å². The molecular formula is C17H27NO2. The van der Waals surface area contributed by atoms with Crippen LogP contribution in [0.5, 0.6) is 5.75 Å². The molecule has 0 spiro atoms. The summed E-state index contributed by atoms with van der Waals surface area (Å²) < 4.78 is 133. The Bertz CT molecular complexity index is 909. The van der Waals surface area contributed by atoms with Crippen molar-refractivity contribution in [1.29, 1.82) is 0 Å². The van der Waals surface area contributed by atoms with Crippen LogP contribution in [0.15, 0.2) is 24.3 Å². The average molecular weight is 294 g/mol. The fourth-order valence-electron chi connectivity index (χ4n) is 1.99. The Morgan fingerprint density at radius 3 is 2.50 bits per heavy atom. The first kappa shape index (κ1) is 4.72. The Balaban J connectivity index is 2.99. The van der Waals surface area contributed by atoms with Crippen molar-refractivity contribution in [2.24, 2.45) is 0 Å². The lowest BCUT2D eigenvalue weighted by atomic mass is 9.72. The first-order valence-electron chi connectivity index (χ1n) is 13.9. The molecule has 1 N–H and O–H groups in total. The van der Waals surface area contributed by atoms with Crippen molar-refractivity contribution < 1.29 is 31.8 Å². The minimum absolute atomic E-state index is 0.0899. The van der Waals surface area contributed by atoms with Crippen LogP contribution < -0.4 is 4.74 Å². The summed E-state index contributed by atoms with van der Waals surface area (Å²) in [6.07, 6.45) is -19.4. The molecule has 0 aromatic heterocycles. The van der Waals surface area contributed by atoms with Crippen molar-refractivity contribution in [1.82, 2.24) is 4.90 Å². The van der Waals surface area contributed by atoms with Crippen LogP contribution in [0.2, 0.25) is 0 Å². The van der Waals surface area contributed by atoms with Crippen LogP contribution in [-0.2, 0) is 0 Å². The maximum absolute atomic E-state index is 11.8. The third kappa shape index (κ3) is 3.53. The molecule has 3 nitrogen and oxygen atoms in total. The van der Waals surface area contributed by atoms with Gasteiger partial charge in [-0.15, -0.1) is 0 Å². The van der Waals surface area contributed by atoms with Gasteiger partial charge in [0.05, 0.1) is 12.7 Å². The lowest BCUT2D eigenvalue weighted by Crippen LogP contribution is -2.42. The van der Waals surface area contributed by atoms with Gasteiger partial charge in [-0.25, -0.2) is 0 Å². The normalized spacial score (nSPS) is 45.5. The van der Waals surface area contributed by atoms with Crippen molar-refractivity contribution in [2.75, 3.05) is 27.6 Å². The van der Waals surface area contributed by atoms with Crippen LogP contribution in [-0.4, -0.2) is 43.2 Å². The fraction of sp³-hybridized carbons (Fsp3) is 0.647. The van der Waals surface area contributed by atoms with Crippen LogP contribution in [0.1, 0.15) is 65.3 Å². The molecule has 1 aromatic rings. The molecule has 1 fully saturated rings. The van der Waals surface area contributed by atoms with E-state index >= 15 is 0 Å². The maximum atomic E-state index is 11.8. The molecule has 20 heavy (non-hydrogen) atoms. The summed E-state index contributed by atoms with van der Waals surface area (Å²) >= 11 is 0. The number of aliphatic hydroxyl groups is 1. The number of likely N-dealkylation sites (N-methyl/N-ethyl adjacent to an activating group) is 1. The molecule has 1 saturated carbocycles. The zero-order valence-electron chi connectivity index (χ0n) is 26.9. The summed E-state index contributed by atoms with van der Waals surface area (Å²) in [4.78, 5) is -0.0899. The van der Waals surface area contributed by atoms with E-state index < -0.39 is 63.9 Å². The molecule has 1 atom stereocenters. The van der Waals surface area contributed by atoms with Crippen molar-refractivity contribution in [2.45, 2.75) is 43.4 Å². The van der Waals surface area contributed by atoms with E-state index in [1.807, 2.05) is 0 Å². The summed E-state index contributed by atoms with van der Waals surface area (Å²) in [6.45, 7) is -8.07. The molecular weight excluding hydrogens is 250 g/mol. The highest BCUT2D eigenvalue weighted by atomic mass is 16.5. The molecule has 0 bridgehead atoms. The molecule has 1 aliphatic carbocycles. The molecule has 0 aliphatic heterocycles. The molecule has 0 heterocycles. The highest BCUT2D eigenvalue weighted by molar-refractivity contribution is 5.31. The van der Waals surface area contributed by atoms with Crippen LogP contribution in [0.4, 0.5) is 0 Å². The number of rotatable bonds is 5. The average Bonchev–Trinajstić information content (AvgIpc) is 2.70. The number of ether oxygens (including phenoxy) is 1. The second-order valence-corrected chi connectivity index (χ2v) is 4.33. The van der Waals surface area contributed by atoms with Crippen LogP contribution in [0, 0.1) is 0 Å². The predicted octanol–water partition coefficient (Wildman–Crippen LogP) is 3.04. The van der Waals surface area contributed by atoms with E-state index in [9.17, 15) is 5.11 Å². The van der Waals surface area contributed by atoms with Gasteiger partial charge in [-0.05, 0) is 44.4 Å². The van der Waals surface area contributed by atoms with E-state index in [2.05, 4.69) is 0 Å². The van der Waals surface area contributed by atoms with Gasteiger partial charge in [0.1, 0.15) is 5.75 Å². The molecule has 0 radical (unpaired) electrons. The molecule has 1 aliphatic rings. The zero-order valence-corrected chi connectivity index (χ0v) is 10.9. The second kappa shape index (κ2) is 6.59. The molecule has 1 aromatic carbocycles. The number of methoxy groups -OCH3 is 1. The molecule has 0 saturated heterocycles. The zero-order chi connectivity index (χ0) is 28.6. The van der Waals surface area contributed by atoms with E-state index in [1.165, 1.54) is 19.2 Å². The number of hydrogen-bond donors (Lipinski definition) is 1. The van der Waals surface area contributed by atoms with E-state index in [-0.39, 0.29) is 16.2 Å². The standard InChI is InChI=1S/C17H27NO2/c1-18(2)13-16(17(19)11-5-4-6-12-17)14-7-9-15(20-3)10-8-14/h7-10,16,19H,4-6,11-13H2,1-3H3/t16-/m1/s1/i1D3,2D3,4D2,5D2,6D2,11D2,12D2. The smallest absolute Gasteiger partial charge is 0.118 e. The quantitative estimate of drug-likeness (QED) is 0.906. The Hall–Kier alpha value is -1.06. The topological polar surface area (TPSA) is 32.7 Å². The number of benzene rings is 1. The van der Waals surface area contributed by atoms with Gasteiger partial charge in [0.25, 0.3) is 0 Å². The van der Waals surface area contributed by atoms with Gasteiger partial charge >= 0.3 is 0 Å². The van der Waals surface area contributed by atoms with E-state index in [1.54, 1.807) is 0 Å². The largest absolute Gasteiger partial charge is 0.497 e. The van der Waals surface area contributed by atoms with Gasteiger partial charge in [-0.3, -0.25) is 0 Å². The summed E-state index contributed by atoms with van der Waals surface area (Å²) in [5.41, 5.74) is -4.10. The second-order valence-electron chi connectivity index (χ2n) is 4.33. The highest BCUT2D eigenvalue weighted by Crippen LogP contribution is 2.40. The van der Waals surface area contributed by atoms with Crippen molar-refractivity contribution in [3.63, 3.8) is 0 Å². The number of nitrogens with zero attached hydrogens (tertiary/aromatic N) is 1. The summed E-state index contributed by atoms with van der Waals surface area (Å²) in [7, 11) is 1.30. The van der Waals surface area contributed by atoms with Gasteiger partial charge in [0.15, 0.2) is 0 Å². The Morgan fingerprint density at radius 2 is 1.95 bits per heavy atom. The molecule has 112 valence electrons. The summed E-state index contributed by atoms with van der Waals surface area (Å²) in [6, 6.07) is 4.80. The molecule has 0 unspecified atom stereocenters. The summed E-state index contributed by atoms with van der Waals surface area (Å²) in [5.74, 6) is -2.00. The van der Waals surface area contributed by atoms with Crippen molar-refractivity contribution in [3.05, 3.63) is 29.8 Å². The monoisotopic (exact) mass is 293 g/mol. The fourth-order valence-corrected chi connectivity index (χ4v) is 1.99. The van der Waals surface area contributed by atoms with Crippen LogP contribution in [0.25, 0.3) is 0 Å². The van der Waals surface area contributed by atoms with Crippen molar-refractivity contribution >= 4 is 0 Å². The highest BCUT2D eigenvalue weighted by Gasteiger charge is 2.38. The minimum Gasteiger partial charge on any atom is -0.497 e. The maximum Gasteiger partial charge on any atom is 0.118 e. The third-order valence-corrected chi connectivity index (χ3v) is 3.02. The molecule has 0 amide bonds. The minimum atomic E-state index is -3.92. The lowest BCUT2D eigenvalue weighted by Gasteiger charge is -2.40. The Kier molecular flexibility index (Phi) is 1.56.